The smallest absolute Gasteiger partial charge is 0.334 e. The van der Waals surface area contributed by atoms with Crippen LogP contribution in [0.15, 0.2) is 11.6 Å². The summed E-state index contributed by atoms with van der Waals surface area (Å²) >= 11 is 0. The summed E-state index contributed by atoms with van der Waals surface area (Å²) in [6, 6.07) is 0. The molecule has 6 heteroatoms. The van der Waals surface area contributed by atoms with Gasteiger partial charge in [0, 0.05) is 11.6 Å². The summed E-state index contributed by atoms with van der Waals surface area (Å²) in [6.45, 7) is 0.929. The molecule has 0 aliphatic heterocycles. The number of esters is 2. The zero-order valence-corrected chi connectivity index (χ0v) is 9.14. The number of hydrogen-bond acceptors (Lipinski definition) is 6. The number of ether oxygens (including phenoxy) is 2. The van der Waals surface area contributed by atoms with Gasteiger partial charge >= 0.3 is 11.9 Å². The van der Waals surface area contributed by atoms with Gasteiger partial charge in [0.25, 0.3) is 0 Å². The molecule has 0 atom stereocenters. The summed E-state index contributed by atoms with van der Waals surface area (Å²) in [5, 5.41) is 16.9. The molecule has 0 aliphatic carbocycles. The van der Waals surface area contributed by atoms with Crippen LogP contribution in [0.5, 0.6) is 0 Å². The second kappa shape index (κ2) is 8.87. The molecule has 6 nitrogen and oxygen atoms in total. The Balaban J connectivity index is 4.28. The fourth-order valence-corrected chi connectivity index (χ4v) is 0.867. The third-order valence-electron chi connectivity index (χ3n) is 1.60. The largest absolute Gasteiger partial charge is 0.460 e. The van der Waals surface area contributed by atoms with E-state index in [0.717, 1.165) is 6.08 Å². The van der Waals surface area contributed by atoms with Crippen LogP contribution in [0.25, 0.3) is 0 Å². The zero-order chi connectivity index (χ0) is 12.4. The van der Waals surface area contributed by atoms with E-state index >= 15 is 0 Å². The van der Waals surface area contributed by atoms with E-state index in [2.05, 4.69) is 9.47 Å². The first-order valence-electron chi connectivity index (χ1n) is 4.91. The summed E-state index contributed by atoms with van der Waals surface area (Å²) < 4.78 is 9.19. The van der Waals surface area contributed by atoms with Gasteiger partial charge < -0.3 is 19.7 Å². The van der Waals surface area contributed by atoms with E-state index in [1.807, 2.05) is 0 Å². The molecule has 0 amide bonds. The van der Waals surface area contributed by atoms with Crippen LogP contribution < -0.4 is 0 Å². The molecule has 0 aromatic heterocycles. The van der Waals surface area contributed by atoms with Crippen molar-refractivity contribution in [2.24, 2.45) is 0 Å². The van der Waals surface area contributed by atoms with Crippen molar-refractivity contribution in [1.82, 2.24) is 0 Å². The Bertz CT molecular complexity index is 258. The van der Waals surface area contributed by atoms with Gasteiger partial charge in [-0.15, -0.1) is 0 Å². The minimum absolute atomic E-state index is 0.109. The minimum atomic E-state index is -0.702. The van der Waals surface area contributed by atoms with E-state index < -0.39 is 11.9 Å². The molecule has 0 bridgehead atoms. The topological polar surface area (TPSA) is 93.1 Å². The van der Waals surface area contributed by atoms with E-state index in [9.17, 15) is 9.59 Å². The maximum Gasteiger partial charge on any atom is 0.334 e. The summed E-state index contributed by atoms with van der Waals surface area (Å²) in [7, 11) is 0. The second-order valence-corrected chi connectivity index (χ2v) is 2.77. The van der Waals surface area contributed by atoms with Crippen LogP contribution >= 0.6 is 0 Å². The van der Waals surface area contributed by atoms with E-state index in [1.54, 1.807) is 6.92 Å². The molecular weight excluding hydrogens is 216 g/mol. The summed E-state index contributed by atoms with van der Waals surface area (Å²) in [5.74, 6) is -1.36. The fraction of sp³-hybridized carbons (Fsp3) is 0.600. The molecule has 0 aromatic carbocycles. The molecule has 0 aliphatic rings. The molecule has 0 saturated carbocycles. The molecule has 16 heavy (non-hydrogen) atoms. The van der Waals surface area contributed by atoms with Crippen LogP contribution in [0.1, 0.15) is 13.3 Å². The lowest BCUT2D eigenvalue weighted by molar-refractivity contribution is -0.142. The van der Waals surface area contributed by atoms with Crippen LogP contribution in [-0.2, 0) is 19.1 Å². The first-order valence-corrected chi connectivity index (χ1v) is 4.91. The summed E-state index contributed by atoms with van der Waals surface area (Å²) in [6.07, 6.45) is 1.34. The Morgan fingerprint density at radius 2 is 1.69 bits per heavy atom. The SMILES string of the molecule is CC/C(=C\C(=O)OCCO)C(=O)OCCO. The number of carbonyl (C=O) groups is 2. The molecule has 0 saturated heterocycles. The highest BCUT2D eigenvalue weighted by molar-refractivity contribution is 5.96. The second-order valence-electron chi connectivity index (χ2n) is 2.77. The molecule has 0 spiro atoms. The highest BCUT2D eigenvalue weighted by Crippen LogP contribution is 2.04. The number of rotatable bonds is 7. The third kappa shape index (κ3) is 6.15. The van der Waals surface area contributed by atoms with Crippen LogP contribution in [-0.4, -0.2) is 48.6 Å². The number of aliphatic hydroxyl groups is 2. The molecule has 0 rings (SSSR count). The van der Waals surface area contributed by atoms with Crippen LogP contribution in [0.4, 0.5) is 0 Å². The van der Waals surface area contributed by atoms with Gasteiger partial charge in [-0.2, -0.15) is 0 Å². The van der Waals surface area contributed by atoms with Crippen LogP contribution in [0, 0.1) is 0 Å². The maximum absolute atomic E-state index is 11.3. The van der Waals surface area contributed by atoms with Gasteiger partial charge in [0.15, 0.2) is 0 Å². The van der Waals surface area contributed by atoms with Crippen molar-refractivity contribution in [2.45, 2.75) is 13.3 Å². The molecule has 0 aromatic rings. The normalized spacial score (nSPS) is 11.1. The average Bonchev–Trinajstić information content (AvgIpc) is 2.30. The van der Waals surface area contributed by atoms with E-state index in [0.29, 0.717) is 6.42 Å². The number of carbonyl (C=O) groups excluding carboxylic acids is 2. The molecule has 0 radical (unpaired) electrons. The van der Waals surface area contributed by atoms with Crippen molar-refractivity contribution in [2.75, 3.05) is 26.4 Å². The summed E-state index contributed by atoms with van der Waals surface area (Å²) in [4.78, 5) is 22.4. The van der Waals surface area contributed by atoms with Crippen LogP contribution in [0.2, 0.25) is 0 Å². The van der Waals surface area contributed by atoms with Crippen molar-refractivity contribution in [3.8, 4) is 0 Å². The fourth-order valence-electron chi connectivity index (χ4n) is 0.867. The number of aliphatic hydroxyl groups excluding tert-OH is 2. The lowest BCUT2D eigenvalue weighted by Crippen LogP contribution is -2.13. The van der Waals surface area contributed by atoms with Crippen molar-refractivity contribution in [3.05, 3.63) is 11.6 Å². The van der Waals surface area contributed by atoms with Gasteiger partial charge in [0.05, 0.1) is 13.2 Å². The molecule has 0 fully saturated rings. The zero-order valence-electron chi connectivity index (χ0n) is 9.14. The Labute approximate surface area is 93.5 Å². The highest BCUT2D eigenvalue weighted by Gasteiger charge is 2.11. The van der Waals surface area contributed by atoms with E-state index in [-0.39, 0.29) is 32.0 Å². The van der Waals surface area contributed by atoms with Gasteiger partial charge in [-0.1, -0.05) is 6.92 Å². The lowest BCUT2D eigenvalue weighted by Gasteiger charge is -2.05. The van der Waals surface area contributed by atoms with Gasteiger partial charge in [-0.25, -0.2) is 9.59 Å². The van der Waals surface area contributed by atoms with Crippen LogP contribution in [0.3, 0.4) is 0 Å². The highest BCUT2D eigenvalue weighted by atomic mass is 16.5. The summed E-state index contributed by atoms with van der Waals surface area (Å²) in [5.41, 5.74) is 0.163. The first-order chi connectivity index (χ1) is 7.65. The molecule has 2 N–H and O–H groups in total. The Kier molecular flexibility index (Phi) is 8.10. The Morgan fingerprint density at radius 1 is 1.12 bits per heavy atom. The van der Waals surface area contributed by atoms with E-state index in [4.69, 9.17) is 10.2 Å². The first kappa shape index (κ1) is 14.6. The molecule has 92 valence electrons. The van der Waals surface area contributed by atoms with Gasteiger partial charge in [0.1, 0.15) is 13.2 Å². The third-order valence-corrected chi connectivity index (χ3v) is 1.60. The Hall–Kier alpha value is -1.40. The van der Waals surface area contributed by atoms with E-state index in [1.165, 1.54) is 0 Å². The monoisotopic (exact) mass is 232 g/mol. The minimum Gasteiger partial charge on any atom is -0.460 e. The predicted octanol–water partition coefficient (Wildman–Crippen LogP) is -0.606. The standard InChI is InChI=1S/C10H16O6/c1-2-8(10(14)16-6-4-12)7-9(13)15-5-3-11/h7,11-12H,2-6H2,1H3/b8-7+. The Morgan fingerprint density at radius 3 is 2.19 bits per heavy atom. The van der Waals surface area contributed by atoms with Crippen molar-refractivity contribution in [3.63, 3.8) is 0 Å². The maximum atomic E-state index is 11.3. The lowest BCUT2D eigenvalue weighted by atomic mass is 10.2. The quantitative estimate of drug-likeness (QED) is 0.449. The molecule has 0 unspecified atom stereocenters. The van der Waals surface area contributed by atoms with Gasteiger partial charge in [0.2, 0.25) is 0 Å². The van der Waals surface area contributed by atoms with Crippen molar-refractivity contribution >= 4 is 11.9 Å². The molecular formula is C10H16O6. The van der Waals surface area contributed by atoms with Crippen molar-refractivity contribution < 1.29 is 29.3 Å². The van der Waals surface area contributed by atoms with Gasteiger partial charge in [-0.3, -0.25) is 0 Å². The van der Waals surface area contributed by atoms with Gasteiger partial charge in [-0.05, 0) is 6.42 Å². The number of hydrogen-bond donors (Lipinski definition) is 2. The van der Waals surface area contributed by atoms with Crippen molar-refractivity contribution in [1.29, 1.82) is 0 Å². The average molecular weight is 232 g/mol. The predicted molar refractivity (Wildman–Crippen MR) is 54.5 cm³/mol. The molecule has 0 heterocycles.